The fourth-order valence-corrected chi connectivity index (χ4v) is 7.62. The standard InChI is InChI=1S/C46H32F6/c1-25-5-9-29(10-6-25)39-23-40(30-11-7-26(2)8-12-30)36-14-16-38-42(32-18-28(4)20-34(22-32)46(50,51)52)24-41(37-15-13-35(39)43(36)44(37)38)31-17-27(3)19-33(21-31)45(47,48)49/h5-24H,1-4H3. The molecule has 0 aliphatic heterocycles. The van der Waals surface area contributed by atoms with E-state index in [4.69, 9.17) is 0 Å². The highest BCUT2D eigenvalue weighted by molar-refractivity contribution is 6.32. The van der Waals surface area contributed by atoms with Gasteiger partial charge in [0, 0.05) is 0 Å². The second kappa shape index (κ2) is 12.0. The van der Waals surface area contributed by atoms with Gasteiger partial charge in [0.15, 0.2) is 0 Å². The van der Waals surface area contributed by atoms with Crippen molar-refractivity contribution in [3.05, 3.63) is 155 Å². The second-order valence-corrected chi connectivity index (χ2v) is 13.9. The summed E-state index contributed by atoms with van der Waals surface area (Å²) in [6.45, 7) is 7.29. The third kappa shape index (κ3) is 5.76. The first kappa shape index (κ1) is 33.5. The van der Waals surface area contributed by atoms with Gasteiger partial charge in [-0.3, -0.25) is 0 Å². The number of alkyl halides is 6. The minimum Gasteiger partial charge on any atom is -0.166 e. The smallest absolute Gasteiger partial charge is 0.166 e. The predicted molar refractivity (Wildman–Crippen MR) is 201 cm³/mol. The van der Waals surface area contributed by atoms with E-state index in [2.05, 4.69) is 54.6 Å². The molecule has 258 valence electrons. The number of hydrogen-bond acceptors (Lipinski definition) is 0. The molecule has 0 unspecified atom stereocenters. The van der Waals surface area contributed by atoms with Crippen LogP contribution in [0.2, 0.25) is 0 Å². The van der Waals surface area contributed by atoms with Crippen molar-refractivity contribution < 1.29 is 26.3 Å². The summed E-state index contributed by atoms with van der Waals surface area (Å²) in [5.74, 6) is 0. The zero-order valence-electron chi connectivity index (χ0n) is 28.8. The largest absolute Gasteiger partial charge is 0.416 e. The van der Waals surface area contributed by atoms with E-state index in [0.717, 1.165) is 90.0 Å². The highest BCUT2D eigenvalue weighted by Gasteiger charge is 2.33. The molecule has 8 aromatic carbocycles. The summed E-state index contributed by atoms with van der Waals surface area (Å²) in [4.78, 5) is 0. The third-order valence-corrected chi connectivity index (χ3v) is 10.1. The Morgan fingerprint density at radius 3 is 0.923 bits per heavy atom. The van der Waals surface area contributed by atoms with Crippen LogP contribution in [0.4, 0.5) is 26.3 Å². The molecule has 6 heteroatoms. The highest BCUT2D eigenvalue weighted by atomic mass is 19.4. The van der Waals surface area contributed by atoms with Gasteiger partial charge in [-0.2, -0.15) is 26.3 Å². The Bertz CT molecular complexity index is 2480. The molecular formula is C46H32F6. The van der Waals surface area contributed by atoms with Crippen LogP contribution in [0.3, 0.4) is 0 Å². The monoisotopic (exact) mass is 698 g/mol. The van der Waals surface area contributed by atoms with E-state index in [1.54, 1.807) is 32.0 Å². The molecule has 0 saturated heterocycles. The van der Waals surface area contributed by atoms with Crippen LogP contribution in [-0.2, 0) is 12.4 Å². The molecule has 0 aliphatic rings. The van der Waals surface area contributed by atoms with E-state index < -0.39 is 23.5 Å². The first-order chi connectivity index (χ1) is 24.7. The number of rotatable bonds is 4. The molecule has 0 spiro atoms. The molecule has 0 saturated carbocycles. The van der Waals surface area contributed by atoms with Gasteiger partial charge < -0.3 is 0 Å². The lowest BCUT2D eigenvalue weighted by Crippen LogP contribution is -2.06. The SMILES string of the molecule is Cc1ccc(-c2cc(-c3ccc(C)cc3)c3ccc4c(-c5cc(C)cc(C(F)(F)F)c5)cc(-c5cc(C)cc(C(F)(F)F)c5)c5ccc2c3c54)cc1. The fourth-order valence-electron chi connectivity index (χ4n) is 7.62. The van der Waals surface area contributed by atoms with Gasteiger partial charge in [0.05, 0.1) is 11.1 Å². The molecule has 0 aliphatic carbocycles. The molecule has 0 radical (unpaired) electrons. The lowest BCUT2D eigenvalue weighted by atomic mass is 9.81. The normalized spacial score (nSPS) is 12.4. The van der Waals surface area contributed by atoms with Crippen LogP contribution in [0.25, 0.3) is 76.8 Å². The van der Waals surface area contributed by atoms with Gasteiger partial charge in [-0.05, 0) is 152 Å². The second-order valence-electron chi connectivity index (χ2n) is 13.9. The zero-order chi connectivity index (χ0) is 36.7. The summed E-state index contributed by atoms with van der Waals surface area (Å²) in [7, 11) is 0. The van der Waals surface area contributed by atoms with E-state index >= 15 is 0 Å². The Labute approximate surface area is 297 Å². The Morgan fingerprint density at radius 1 is 0.308 bits per heavy atom. The van der Waals surface area contributed by atoms with Gasteiger partial charge >= 0.3 is 12.4 Å². The molecule has 0 atom stereocenters. The van der Waals surface area contributed by atoms with Gasteiger partial charge in [-0.15, -0.1) is 0 Å². The number of benzene rings is 8. The van der Waals surface area contributed by atoms with E-state index in [9.17, 15) is 26.3 Å². The Morgan fingerprint density at radius 2 is 0.615 bits per heavy atom. The molecular weight excluding hydrogens is 666 g/mol. The fraction of sp³-hybridized carbons (Fsp3) is 0.130. The van der Waals surface area contributed by atoms with Crippen molar-refractivity contribution in [2.75, 3.05) is 0 Å². The van der Waals surface area contributed by atoms with E-state index in [1.807, 2.05) is 38.1 Å². The van der Waals surface area contributed by atoms with Crippen LogP contribution in [0.15, 0.2) is 121 Å². The molecule has 0 fully saturated rings. The third-order valence-electron chi connectivity index (χ3n) is 10.1. The average Bonchev–Trinajstić information content (AvgIpc) is 3.09. The molecule has 0 amide bonds. The van der Waals surface area contributed by atoms with Crippen LogP contribution >= 0.6 is 0 Å². The van der Waals surface area contributed by atoms with E-state index in [-0.39, 0.29) is 0 Å². The van der Waals surface area contributed by atoms with Crippen LogP contribution in [0.1, 0.15) is 33.4 Å². The van der Waals surface area contributed by atoms with Gasteiger partial charge in [0.2, 0.25) is 0 Å². The molecule has 0 aromatic heterocycles. The molecule has 0 bridgehead atoms. The van der Waals surface area contributed by atoms with Gasteiger partial charge in [0.25, 0.3) is 0 Å². The summed E-state index contributed by atoms with van der Waals surface area (Å²) >= 11 is 0. The van der Waals surface area contributed by atoms with Gasteiger partial charge in [-0.1, -0.05) is 96.1 Å². The van der Waals surface area contributed by atoms with E-state index in [1.165, 1.54) is 0 Å². The topological polar surface area (TPSA) is 0 Å². The number of halogens is 6. The molecule has 0 N–H and O–H groups in total. The quantitative estimate of drug-likeness (QED) is 0.127. The highest BCUT2D eigenvalue weighted by Crippen LogP contribution is 2.49. The number of aryl methyl sites for hydroxylation is 4. The van der Waals surface area contributed by atoms with Crippen molar-refractivity contribution in [1.29, 1.82) is 0 Å². The average molecular weight is 699 g/mol. The first-order valence-corrected chi connectivity index (χ1v) is 17.0. The molecule has 0 nitrogen and oxygen atoms in total. The molecule has 8 rings (SSSR count). The maximum atomic E-state index is 14.2. The van der Waals surface area contributed by atoms with Crippen LogP contribution < -0.4 is 0 Å². The maximum absolute atomic E-state index is 14.2. The number of hydrogen-bond donors (Lipinski definition) is 0. The van der Waals surface area contributed by atoms with E-state index in [0.29, 0.717) is 33.4 Å². The van der Waals surface area contributed by atoms with Crippen LogP contribution in [-0.4, -0.2) is 0 Å². The van der Waals surface area contributed by atoms with Crippen molar-refractivity contribution in [2.45, 2.75) is 40.0 Å². The Balaban J connectivity index is 1.57. The molecule has 8 aromatic rings. The maximum Gasteiger partial charge on any atom is 0.416 e. The van der Waals surface area contributed by atoms with Crippen molar-refractivity contribution >= 4 is 32.3 Å². The summed E-state index contributed by atoms with van der Waals surface area (Å²) in [6.07, 6.45) is -9.17. The van der Waals surface area contributed by atoms with Gasteiger partial charge in [-0.25, -0.2) is 0 Å². The Hall–Kier alpha value is -5.62. The van der Waals surface area contributed by atoms with Crippen molar-refractivity contribution in [3.63, 3.8) is 0 Å². The van der Waals surface area contributed by atoms with Crippen LogP contribution in [0.5, 0.6) is 0 Å². The summed E-state index contributed by atoms with van der Waals surface area (Å²) in [5.41, 5.74) is 7.18. The lowest BCUT2D eigenvalue weighted by Gasteiger charge is -2.22. The minimum absolute atomic E-state index is 0.340. The van der Waals surface area contributed by atoms with Crippen molar-refractivity contribution in [1.82, 2.24) is 0 Å². The summed E-state index contributed by atoms with van der Waals surface area (Å²) < 4.78 is 85.2. The molecule has 0 heterocycles. The minimum atomic E-state index is -4.59. The predicted octanol–water partition coefficient (Wildman–Crippen LogP) is 14.5. The lowest BCUT2D eigenvalue weighted by molar-refractivity contribution is -0.138. The molecule has 52 heavy (non-hydrogen) atoms. The van der Waals surface area contributed by atoms with Gasteiger partial charge in [0.1, 0.15) is 0 Å². The van der Waals surface area contributed by atoms with Crippen molar-refractivity contribution in [2.24, 2.45) is 0 Å². The zero-order valence-corrected chi connectivity index (χ0v) is 28.8. The van der Waals surface area contributed by atoms with Crippen molar-refractivity contribution in [3.8, 4) is 44.5 Å². The first-order valence-electron chi connectivity index (χ1n) is 17.0. The van der Waals surface area contributed by atoms with Crippen LogP contribution in [0, 0.1) is 27.7 Å². The Kier molecular flexibility index (Phi) is 7.72. The summed E-state index contributed by atoms with van der Waals surface area (Å²) in [5, 5.41) is 5.01. The summed E-state index contributed by atoms with van der Waals surface area (Å²) in [6, 6.07) is 36.3.